The quantitative estimate of drug-likeness (QED) is 0.205. The van der Waals surface area contributed by atoms with Crippen molar-refractivity contribution in [2.75, 3.05) is 43.3 Å². The van der Waals surface area contributed by atoms with Crippen molar-refractivity contribution in [1.82, 2.24) is 20.2 Å². The van der Waals surface area contributed by atoms with Gasteiger partial charge in [0, 0.05) is 18.2 Å². The highest BCUT2D eigenvalue weighted by molar-refractivity contribution is 7.86. The molecule has 0 spiro atoms. The number of amides is 1. The Labute approximate surface area is 240 Å². The van der Waals surface area contributed by atoms with E-state index in [1.807, 2.05) is 24.3 Å². The van der Waals surface area contributed by atoms with Gasteiger partial charge in [0.2, 0.25) is 0 Å². The van der Waals surface area contributed by atoms with E-state index in [4.69, 9.17) is 21.3 Å². The van der Waals surface area contributed by atoms with Gasteiger partial charge in [0.25, 0.3) is 5.91 Å². The number of aromatic nitrogens is 2. The maximum Gasteiger partial charge on any atom is 0.251 e. The Morgan fingerprint density at radius 1 is 1.00 bits per heavy atom. The fourth-order valence-electron chi connectivity index (χ4n) is 4.53. The minimum Gasteiger partial charge on any atom is -0.497 e. The molecule has 3 N–H and O–H groups in total. The largest absolute Gasteiger partial charge is 0.497 e. The van der Waals surface area contributed by atoms with Crippen LogP contribution in [0.5, 0.6) is 5.75 Å². The van der Waals surface area contributed by atoms with Gasteiger partial charge < -0.3 is 20.3 Å². The van der Waals surface area contributed by atoms with E-state index in [2.05, 4.69) is 25.2 Å². The number of likely N-dealkylation sites (tertiary alicyclic amines) is 1. The van der Waals surface area contributed by atoms with Gasteiger partial charge >= 0.3 is 0 Å². The molecule has 5 rings (SSSR count). The Hall–Kier alpha value is -3.73. The van der Waals surface area contributed by atoms with Gasteiger partial charge in [0.05, 0.1) is 33.7 Å². The summed E-state index contributed by atoms with van der Waals surface area (Å²) >= 11 is 6.41. The van der Waals surface area contributed by atoms with E-state index in [9.17, 15) is 9.00 Å². The molecule has 3 aromatic carbocycles. The highest BCUT2D eigenvalue weighted by atomic mass is 35.5. The van der Waals surface area contributed by atoms with E-state index in [0.29, 0.717) is 50.3 Å². The normalized spacial score (nSPS) is 14.2. The first-order chi connectivity index (χ1) is 19.5. The topological polar surface area (TPSA) is 108 Å². The van der Waals surface area contributed by atoms with E-state index in [1.165, 1.54) is 12.8 Å². The second-order valence-corrected chi connectivity index (χ2v) is 11.1. The lowest BCUT2D eigenvalue weighted by atomic mass is 10.2. The van der Waals surface area contributed by atoms with Crippen molar-refractivity contribution in [1.29, 1.82) is 0 Å². The third kappa shape index (κ3) is 6.88. The van der Waals surface area contributed by atoms with Crippen molar-refractivity contribution >= 4 is 56.9 Å². The van der Waals surface area contributed by atoms with Crippen molar-refractivity contribution in [2.45, 2.75) is 24.2 Å². The predicted molar refractivity (Wildman–Crippen MR) is 160 cm³/mol. The predicted octanol–water partition coefficient (Wildman–Crippen LogP) is 5.39. The Bertz CT molecular complexity index is 1530. The molecule has 1 fully saturated rings. The summed E-state index contributed by atoms with van der Waals surface area (Å²) in [6.07, 6.45) is 3.40. The molecule has 2 heterocycles. The molecule has 1 aromatic heterocycles. The third-order valence-electron chi connectivity index (χ3n) is 6.63. The highest BCUT2D eigenvalue weighted by Crippen LogP contribution is 2.32. The fraction of sp³-hybridized carbons (Fsp3) is 0.276. The van der Waals surface area contributed by atoms with E-state index in [0.717, 1.165) is 26.1 Å². The van der Waals surface area contributed by atoms with Crippen molar-refractivity contribution < 1.29 is 13.7 Å². The lowest BCUT2D eigenvalue weighted by molar-refractivity contribution is 0.0952. The van der Waals surface area contributed by atoms with Crippen molar-refractivity contribution in [3.8, 4) is 5.75 Å². The number of benzene rings is 3. The molecule has 0 radical (unpaired) electrons. The molecular formula is C29H31ClN6O3S. The molecule has 1 amide bonds. The van der Waals surface area contributed by atoms with Gasteiger partial charge in [0.15, 0.2) is 22.6 Å². The average Bonchev–Trinajstić information content (AvgIpc) is 3.50. The molecule has 1 unspecified atom stereocenters. The molecule has 1 atom stereocenters. The number of ether oxygens (including phenoxy) is 1. The first kappa shape index (κ1) is 27.8. The second-order valence-electron chi connectivity index (χ2n) is 9.44. The number of rotatable bonds is 11. The van der Waals surface area contributed by atoms with Gasteiger partial charge in [-0.15, -0.1) is 0 Å². The van der Waals surface area contributed by atoms with Crippen LogP contribution < -0.4 is 20.1 Å². The number of hydrogen-bond donors (Lipinski definition) is 3. The van der Waals surface area contributed by atoms with Gasteiger partial charge in [0.1, 0.15) is 5.75 Å². The zero-order valence-electron chi connectivity index (χ0n) is 22.2. The molecular weight excluding hydrogens is 548 g/mol. The van der Waals surface area contributed by atoms with Crippen LogP contribution in [0.25, 0.3) is 11.0 Å². The summed E-state index contributed by atoms with van der Waals surface area (Å²) in [5.41, 5.74) is 2.29. The summed E-state index contributed by atoms with van der Waals surface area (Å²) in [5, 5.41) is 6.62. The minimum atomic E-state index is -1.73. The molecule has 1 aliphatic rings. The van der Waals surface area contributed by atoms with Crippen LogP contribution in [-0.2, 0) is 11.0 Å². The number of halogens is 1. The Kier molecular flexibility index (Phi) is 9.10. The Morgan fingerprint density at radius 2 is 1.75 bits per heavy atom. The molecule has 208 valence electrons. The van der Waals surface area contributed by atoms with Crippen LogP contribution in [0.2, 0.25) is 5.02 Å². The van der Waals surface area contributed by atoms with Crippen molar-refractivity contribution in [3.63, 3.8) is 0 Å². The van der Waals surface area contributed by atoms with E-state index in [-0.39, 0.29) is 11.7 Å². The average molecular weight is 579 g/mol. The van der Waals surface area contributed by atoms with Crippen molar-refractivity contribution in [2.24, 2.45) is 0 Å². The summed E-state index contributed by atoms with van der Waals surface area (Å²) in [4.78, 5) is 25.0. The lowest BCUT2D eigenvalue weighted by Gasteiger charge is -2.15. The van der Waals surface area contributed by atoms with Gasteiger partial charge in [-0.05, 0) is 81.4 Å². The van der Waals surface area contributed by atoms with E-state index >= 15 is 0 Å². The van der Waals surface area contributed by atoms with Gasteiger partial charge in [-0.1, -0.05) is 29.8 Å². The smallest absolute Gasteiger partial charge is 0.251 e. The van der Waals surface area contributed by atoms with Crippen LogP contribution >= 0.6 is 11.6 Å². The standard InChI is InChI=1S/C29H31ClN6O3S/c1-39-21-12-13-23(30)26(19-21)34-27-28(33-25-11-3-2-10-24(25)32-27)35-40(38)22-9-6-8-20(18-22)29(37)31-14-7-17-36-15-4-5-16-36/h2-3,6,8-13,18-19H,4-5,7,14-17H2,1H3,(H,31,37)(H,32,34)(H,33,35). The molecule has 9 nitrogen and oxygen atoms in total. The Balaban J connectivity index is 1.32. The first-order valence-corrected chi connectivity index (χ1v) is 14.7. The fourth-order valence-corrected chi connectivity index (χ4v) is 5.56. The lowest BCUT2D eigenvalue weighted by Crippen LogP contribution is -2.28. The zero-order valence-corrected chi connectivity index (χ0v) is 23.7. The van der Waals surface area contributed by atoms with E-state index in [1.54, 1.807) is 49.6 Å². The van der Waals surface area contributed by atoms with Crippen LogP contribution in [0.1, 0.15) is 29.6 Å². The molecule has 11 heteroatoms. The van der Waals surface area contributed by atoms with Gasteiger partial charge in [-0.2, -0.15) is 0 Å². The number of anilines is 3. The number of carbonyl (C=O) groups excluding carboxylic acids is 1. The van der Waals surface area contributed by atoms with Crippen LogP contribution in [-0.4, -0.2) is 58.3 Å². The molecule has 4 aromatic rings. The molecule has 1 saturated heterocycles. The number of para-hydroxylation sites is 2. The Morgan fingerprint density at radius 3 is 2.50 bits per heavy atom. The zero-order chi connectivity index (χ0) is 27.9. The molecule has 0 aliphatic carbocycles. The molecule has 1 aliphatic heterocycles. The number of carbonyl (C=O) groups is 1. The summed E-state index contributed by atoms with van der Waals surface area (Å²) in [5.74, 6) is 1.03. The summed E-state index contributed by atoms with van der Waals surface area (Å²) < 4.78 is 21.7. The van der Waals surface area contributed by atoms with Crippen LogP contribution in [0, 0.1) is 0 Å². The van der Waals surface area contributed by atoms with Crippen LogP contribution in [0.3, 0.4) is 0 Å². The summed E-state index contributed by atoms with van der Waals surface area (Å²) in [7, 11) is -0.158. The highest BCUT2D eigenvalue weighted by Gasteiger charge is 2.16. The summed E-state index contributed by atoms with van der Waals surface area (Å²) in [6, 6.07) is 19.4. The van der Waals surface area contributed by atoms with Crippen LogP contribution in [0.4, 0.5) is 17.3 Å². The minimum absolute atomic E-state index is 0.194. The molecule has 0 bridgehead atoms. The van der Waals surface area contributed by atoms with E-state index < -0.39 is 11.0 Å². The summed E-state index contributed by atoms with van der Waals surface area (Å²) in [6.45, 7) is 3.86. The number of methoxy groups -OCH3 is 1. The third-order valence-corrected chi connectivity index (χ3v) is 8.02. The number of nitrogens with zero attached hydrogens (tertiary/aromatic N) is 3. The van der Waals surface area contributed by atoms with Gasteiger partial charge in [-0.25, -0.2) is 14.2 Å². The SMILES string of the molecule is COc1ccc(Cl)c(Nc2nc3ccccc3nc2NS(=O)c2cccc(C(=O)NCCCN3CCCC3)c2)c1. The monoisotopic (exact) mass is 578 g/mol. The molecule has 40 heavy (non-hydrogen) atoms. The second kappa shape index (κ2) is 13.1. The maximum absolute atomic E-state index is 13.4. The van der Waals surface area contributed by atoms with Gasteiger partial charge in [-0.3, -0.25) is 9.52 Å². The number of hydrogen-bond acceptors (Lipinski definition) is 7. The number of nitrogens with one attached hydrogen (secondary N) is 3. The molecule has 0 saturated carbocycles. The maximum atomic E-state index is 13.4. The van der Waals surface area contributed by atoms with Crippen molar-refractivity contribution in [3.05, 3.63) is 77.3 Å². The number of fused-ring (bicyclic) bond motifs is 1. The van der Waals surface area contributed by atoms with Crippen LogP contribution in [0.15, 0.2) is 71.6 Å². The first-order valence-electron chi connectivity index (χ1n) is 13.2.